The van der Waals surface area contributed by atoms with E-state index in [0.717, 1.165) is 12.8 Å². The molecule has 0 radical (unpaired) electrons. The molecule has 0 spiro atoms. The van der Waals surface area contributed by atoms with Crippen LogP contribution < -0.4 is 5.32 Å². The largest absolute Gasteiger partial charge is 0.465 e. The van der Waals surface area contributed by atoms with Crippen LogP contribution in [-0.4, -0.2) is 24.7 Å². The van der Waals surface area contributed by atoms with Gasteiger partial charge in [-0.15, -0.1) is 6.42 Å². The predicted molar refractivity (Wildman–Crippen MR) is 68.4 cm³/mol. The molecule has 96 valence electrons. The Hall–Kier alpha value is -1.01. The Kier molecular flexibility index (Phi) is 5.02. The number of ether oxygens (including phenoxy) is 1. The van der Waals surface area contributed by atoms with Crippen molar-refractivity contribution in [1.82, 2.24) is 5.32 Å². The van der Waals surface area contributed by atoms with Crippen LogP contribution in [0.4, 0.5) is 0 Å². The third kappa shape index (κ3) is 3.01. The third-order valence-electron chi connectivity index (χ3n) is 3.75. The highest BCUT2D eigenvalue weighted by Crippen LogP contribution is 2.37. The number of esters is 1. The van der Waals surface area contributed by atoms with Crippen LogP contribution in [0.1, 0.15) is 40.0 Å². The number of nitrogens with one attached hydrogen (secondary N) is 1. The van der Waals surface area contributed by atoms with Gasteiger partial charge in [-0.1, -0.05) is 26.2 Å². The average Bonchev–Trinajstić information content (AvgIpc) is 2.30. The number of rotatable bonds is 4. The van der Waals surface area contributed by atoms with Crippen molar-refractivity contribution in [3.63, 3.8) is 0 Å². The average molecular weight is 237 g/mol. The highest BCUT2D eigenvalue weighted by atomic mass is 16.5. The molecule has 0 heterocycles. The Morgan fingerprint density at radius 3 is 2.82 bits per heavy atom. The highest BCUT2D eigenvalue weighted by molar-refractivity contribution is 5.81. The van der Waals surface area contributed by atoms with E-state index in [0.29, 0.717) is 19.1 Å². The Morgan fingerprint density at radius 1 is 1.53 bits per heavy atom. The molecule has 1 saturated carbocycles. The lowest BCUT2D eigenvalue weighted by Gasteiger charge is -2.43. The maximum atomic E-state index is 12.2. The molecule has 3 heteroatoms. The lowest BCUT2D eigenvalue weighted by Crippen LogP contribution is -2.60. The minimum atomic E-state index is -0.583. The predicted octanol–water partition coefficient (Wildman–Crippen LogP) is 1.97. The minimum absolute atomic E-state index is 0.144. The minimum Gasteiger partial charge on any atom is -0.465 e. The first-order chi connectivity index (χ1) is 8.06. The number of hydrogen-bond donors (Lipinski definition) is 1. The first-order valence-electron chi connectivity index (χ1n) is 6.42. The van der Waals surface area contributed by atoms with Gasteiger partial charge in [-0.3, -0.25) is 10.1 Å². The highest BCUT2D eigenvalue weighted by Gasteiger charge is 2.47. The second-order valence-corrected chi connectivity index (χ2v) is 5.04. The summed E-state index contributed by atoms with van der Waals surface area (Å²) in [4.78, 5) is 12.2. The van der Waals surface area contributed by atoms with E-state index in [2.05, 4.69) is 25.1 Å². The molecule has 0 saturated heterocycles. The van der Waals surface area contributed by atoms with Crippen LogP contribution in [0.2, 0.25) is 0 Å². The van der Waals surface area contributed by atoms with E-state index < -0.39 is 5.54 Å². The van der Waals surface area contributed by atoms with E-state index >= 15 is 0 Å². The summed E-state index contributed by atoms with van der Waals surface area (Å²) in [5.41, 5.74) is -0.583. The third-order valence-corrected chi connectivity index (χ3v) is 3.75. The van der Waals surface area contributed by atoms with Crippen molar-refractivity contribution in [1.29, 1.82) is 0 Å². The van der Waals surface area contributed by atoms with Crippen molar-refractivity contribution in [2.24, 2.45) is 11.8 Å². The molecule has 1 rings (SSSR count). The van der Waals surface area contributed by atoms with E-state index in [1.165, 1.54) is 6.42 Å². The van der Waals surface area contributed by atoms with Crippen molar-refractivity contribution < 1.29 is 9.53 Å². The zero-order valence-electron chi connectivity index (χ0n) is 11.1. The quantitative estimate of drug-likeness (QED) is 0.600. The summed E-state index contributed by atoms with van der Waals surface area (Å²) in [5, 5.41) is 3.24. The topological polar surface area (TPSA) is 38.3 Å². The van der Waals surface area contributed by atoms with Gasteiger partial charge in [0, 0.05) is 0 Å². The molecule has 0 bridgehead atoms. The van der Waals surface area contributed by atoms with E-state index in [-0.39, 0.29) is 11.9 Å². The fourth-order valence-electron chi connectivity index (χ4n) is 2.71. The molecule has 3 atom stereocenters. The Bertz CT molecular complexity index is 308. The molecule has 3 unspecified atom stereocenters. The van der Waals surface area contributed by atoms with E-state index in [4.69, 9.17) is 11.2 Å². The molecule has 1 fully saturated rings. The number of carbonyl (C=O) groups excluding carboxylic acids is 1. The molecule has 0 amide bonds. The van der Waals surface area contributed by atoms with Gasteiger partial charge in [-0.05, 0) is 31.6 Å². The Morgan fingerprint density at radius 2 is 2.24 bits per heavy atom. The van der Waals surface area contributed by atoms with Crippen LogP contribution in [0.25, 0.3) is 0 Å². The molecule has 1 aliphatic carbocycles. The zero-order chi connectivity index (χ0) is 12.9. The molecule has 0 aromatic heterocycles. The number of hydrogen-bond acceptors (Lipinski definition) is 3. The van der Waals surface area contributed by atoms with E-state index in [1.54, 1.807) is 0 Å². The molecule has 17 heavy (non-hydrogen) atoms. The normalized spacial score (nSPS) is 32.8. The van der Waals surface area contributed by atoms with Gasteiger partial charge in [0.1, 0.15) is 5.54 Å². The number of carbonyl (C=O) groups is 1. The molecule has 1 N–H and O–H groups in total. The molecular weight excluding hydrogens is 214 g/mol. The van der Waals surface area contributed by atoms with Gasteiger partial charge in [0.25, 0.3) is 0 Å². The first kappa shape index (κ1) is 14.1. The van der Waals surface area contributed by atoms with E-state index in [9.17, 15) is 4.79 Å². The monoisotopic (exact) mass is 237 g/mol. The van der Waals surface area contributed by atoms with Gasteiger partial charge in [0.05, 0.1) is 13.2 Å². The van der Waals surface area contributed by atoms with Gasteiger partial charge in [-0.2, -0.15) is 0 Å². The van der Waals surface area contributed by atoms with Gasteiger partial charge >= 0.3 is 5.97 Å². The summed E-state index contributed by atoms with van der Waals surface area (Å²) in [6, 6.07) is 0. The molecular formula is C14H23NO2. The Balaban J connectivity index is 2.90. The van der Waals surface area contributed by atoms with Gasteiger partial charge in [0.2, 0.25) is 0 Å². The lowest BCUT2D eigenvalue weighted by atomic mass is 9.69. The second kappa shape index (κ2) is 6.07. The second-order valence-electron chi connectivity index (χ2n) is 5.04. The smallest absolute Gasteiger partial charge is 0.326 e. The summed E-state index contributed by atoms with van der Waals surface area (Å²) in [6.45, 7) is 6.95. The van der Waals surface area contributed by atoms with Crippen LogP contribution in [-0.2, 0) is 9.53 Å². The number of terminal acetylenes is 1. The maximum absolute atomic E-state index is 12.2. The maximum Gasteiger partial charge on any atom is 0.326 e. The zero-order valence-corrected chi connectivity index (χ0v) is 11.1. The van der Waals surface area contributed by atoms with Crippen molar-refractivity contribution in [2.45, 2.75) is 45.6 Å². The fourth-order valence-corrected chi connectivity index (χ4v) is 2.71. The van der Waals surface area contributed by atoms with E-state index in [1.807, 2.05) is 6.92 Å². The summed E-state index contributed by atoms with van der Waals surface area (Å²) in [5.74, 6) is 3.21. The van der Waals surface area contributed by atoms with Gasteiger partial charge in [-0.25, -0.2) is 0 Å². The van der Waals surface area contributed by atoms with Crippen LogP contribution in [0.3, 0.4) is 0 Å². The standard InChI is InChI=1S/C14H23NO2/c1-5-9-15-14(13(16)17-6-2)10-11(3)7-8-12(14)4/h1,11-12,15H,6-10H2,2-4H3. The molecule has 0 aromatic rings. The van der Waals surface area contributed by atoms with Crippen LogP contribution in [0.5, 0.6) is 0 Å². The summed E-state index contributed by atoms with van der Waals surface area (Å²) >= 11 is 0. The SMILES string of the molecule is C#CCNC1(C(=O)OCC)CC(C)CCC1C. The molecule has 1 aliphatic rings. The summed E-state index contributed by atoms with van der Waals surface area (Å²) in [7, 11) is 0. The van der Waals surface area contributed by atoms with Crippen molar-refractivity contribution >= 4 is 5.97 Å². The van der Waals surface area contributed by atoms with Gasteiger partial charge < -0.3 is 4.74 Å². The van der Waals surface area contributed by atoms with Crippen molar-refractivity contribution in [2.75, 3.05) is 13.2 Å². The summed E-state index contributed by atoms with van der Waals surface area (Å²) < 4.78 is 5.23. The lowest BCUT2D eigenvalue weighted by molar-refractivity contribution is -0.156. The fraction of sp³-hybridized carbons (Fsp3) is 0.786. The Labute approximate surface area is 104 Å². The van der Waals surface area contributed by atoms with Gasteiger partial charge in [0.15, 0.2) is 0 Å². The first-order valence-corrected chi connectivity index (χ1v) is 6.42. The van der Waals surface area contributed by atoms with Crippen LogP contribution >= 0.6 is 0 Å². The van der Waals surface area contributed by atoms with Crippen molar-refractivity contribution in [3.05, 3.63) is 0 Å². The molecule has 0 aliphatic heterocycles. The van der Waals surface area contributed by atoms with Crippen LogP contribution in [0.15, 0.2) is 0 Å². The summed E-state index contributed by atoms with van der Waals surface area (Å²) in [6.07, 6.45) is 8.31. The molecule has 3 nitrogen and oxygen atoms in total. The van der Waals surface area contributed by atoms with Crippen molar-refractivity contribution in [3.8, 4) is 12.3 Å². The molecule has 0 aromatic carbocycles. The van der Waals surface area contributed by atoms with Crippen LogP contribution in [0, 0.1) is 24.2 Å².